The second-order valence-electron chi connectivity index (χ2n) is 7.45. The molecule has 2 saturated heterocycles. The molecule has 2 fully saturated rings. The smallest absolute Gasteiger partial charge is 0.240 e. The Labute approximate surface area is 145 Å². The predicted octanol–water partition coefficient (Wildman–Crippen LogP) is 1.85. The first-order valence-electron chi connectivity index (χ1n) is 9.28. The molecule has 0 saturated carbocycles. The molecule has 5 nitrogen and oxygen atoms in total. The zero-order valence-corrected chi connectivity index (χ0v) is 15.0. The molecule has 2 aliphatic heterocycles. The van der Waals surface area contributed by atoms with Gasteiger partial charge in [0.25, 0.3) is 0 Å². The molecule has 5 heteroatoms. The molecule has 0 bridgehead atoms. The van der Waals surface area contributed by atoms with Gasteiger partial charge in [-0.2, -0.15) is 0 Å². The Morgan fingerprint density at radius 3 is 2.62 bits per heavy atom. The van der Waals surface area contributed by atoms with E-state index >= 15 is 0 Å². The lowest BCUT2D eigenvalue weighted by Gasteiger charge is -2.37. The average molecular weight is 330 g/mol. The molecule has 1 unspecified atom stereocenters. The van der Waals surface area contributed by atoms with Gasteiger partial charge in [-0.1, -0.05) is 19.9 Å². The van der Waals surface area contributed by atoms with Crippen LogP contribution < -0.4 is 0 Å². The van der Waals surface area contributed by atoms with Crippen molar-refractivity contribution in [3.8, 4) is 0 Å². The molecule has 1 atom stereocenters. The molecule has 1 amide bonds. The SMILES string of the molecule is CC(C)CCN1CCN(C2CCN(Cc3ccccn3)C2=O)CC1. The van der Waals surface area contributed by atoms with Gasteiger partial charge in [0, 0.05) is 38.9 Å². The Bertz CT molecular complexity index is 525. The minimum atomic E-state index is 0.0842. The normalized spacial score (nSPS) is 23.4. The zero-order valence-electron chi connectivity index (χ0n) is 15.0. The highest BCUT2D eigenvalue weighted by atomic mass is 16.2. The first-order chi connectivity index (χ1) is 11.6. The Hall–Kier alpha value is -1.46. The van der Waals surface area contributed by atoms with Crippen LogP contribution in [0.4, 0.5) is 0 Å². The Morgan fingerprint density at radius 2 is 1.96 bits per heavy atom. The molecule has 2 aliphatic rings. The molecule has 0 spiro atoms. The molecular weight excluding hydrogens is 300 g/mol. The van der Waals surface area contributed by atoms with Gasteiger partial charge in [0.05, 0.1) is 18.3 Å². The highest BCUT2D eigenvalue weighted by Crippen LogP contribution is 2.20. The van der Waals surface area contributed by atoms with Crippen molar-refractivity contribution in [3.05, 3.63) is 30.1 Å². The summed E-state index contributed by atoms with van der Waals surface area (Å²) in [5, 5.41) is 0. The number of piperazine rings is 1. The number of carbonyl (C=O) groups excluding carboxylic acids is 1. The number of likely N-dealkylation sites (tertiary alicyclic amines) is 1. The van der Waals surface area contributed by atoms with Crippen molar-refractivity contribution in [3.63, 3.8) is 0 Å². The second kappa shape index (κ2) is 8.08. The van der Waals surface area contributed by atoms with Crippen LogP contribution in [0.2, 0.25) is 0 Å². The molecule has 1 aromatic heterocycles. The number of amides is 1. The van der Waals surface area contributed by atoms with Crippen molar-refractivity contribution in [2.45, 2.75) is 39.3 Å². The fourth-order valence-electron chi connectivity index (χ4n) is 3.64. The number of nitrogens with zero attached hydrogens (tertiary/aromatic N) is 4. The van der Waals surface area contributed by atoms with Crippen LogP contribution in [-0.2, 0) is 11.3 Å². The maximum absolute atomic E-state index is 12.7. The van der Waals surface area contributed by atoms with E-state index in [1.165, 1.54) is 13.0 Å². The van der Waals surface area contributed by atoms with Crippen molar-refractivity contribution in [1.29, 1.82) is 0 Å². The van der Waals surface area contributed by atoms with Crippen molar-refractivity contribution < 1.29 is 4.79 Å². The highest BCUT2D eigenvalue weighted by molar-refractivity contribution is 5.84. The molecule has 0 aliphatic carbocycles. The van der Waals surface area contributed by atoms with Gasteiger partial charge in [-0.15, -0.1) is 0 Å². The largest absolute Gasteiger partial charge is 0.335 e. The van der Waals surface area contributed by atoms with Crippen molar-refractivity contribution in [2.75, 3.05) is 39.3 Å². The van der Waals surface area contributed by atoms with Gasteiger partial charge in [0.2, 0.25) is 5.91 Å². The Kier molecular flexibility index (Phi) is 5.85. The quantitative estimate of drug-likeness (QED) is 0.798. The molecule has 132 valence electrons. The summed E-state index contributed by atoms with van der Waals surface area (Å²) in [6, 6.07) is 5.97. The standard InChI is InChI=1S/C19H30N4O/c1-16(2)6-9-21-11-13-22(14-12-21)18-7-10-23(19(18)24)15-17-5-3-4-8-20-17/h3-5,8,16,18H,6-7,9-15H2,1-2H3. The van der Waals surface area contributed by atoms with Gasteiger partial charge in [0.15, 0.2) is 0 Å². The highest BCUT2D eigenvalue weighted by Gasteiger charge is 2.37. The summed E-state index contributed by atoms with van der Waals surface area (Å²) >= 11 is 0. The van der Waals surface area contributed by atoms with Gasteiger partial charge in [-0.25, -0.2) is 0 Å². The number of hydrogen-bond donors (Lipinski definition) is 0. The lowest BCUT2D eigenvalue weighted by Crippen LogP contribution is -2.52. The summed E-state index contributed by atoms with van der Waals surface area (Å²) in [4.78, 5) is 24.0. The van der Waals surface area contributed by atoms with Crippen LogP contribution >= 0.6 is 0 Å². The molecule has 0 N–H and O–H groups in total. The Balaban J connectivity index is 1.48. The summed E-state index contributed by atoms with van der Waals surface area (Å²) in [6.07, 6.45) is 4.02. The minimum Gasteiger partial charge on any atom is -0.335 e. The minimum absolute atomic E-state index is 0.0842. The van der Waals surface area contributed by atoms with Crippen LogP contribution in [-0.4, -0.2) is 70.9 Å². The molecule has 1 aromatic rings. The van der Waals surface area contributed by atoms with Crippen molar-refractivity contribution in [2.24, 2.45) is 5.92 Å². The lowest BCUT2D eigenvalue weighted by molar-refractivity contribution is -0.133. The monoisotopic (exact) mass is 330 g/mol. The predicted molar refractivity (Wildman–Crippen MR) is 95.5 cm³/mol. The zero-order chi connectivity index (χ0) is 16.9. The first-order valence-corrected chi connectivity index (χ1v) is 9.28. The van der Waals surface area contributed by atoms with Crippen LogP contribution in [0, 0.1) is 5.92 Å². The molecule has 24 heavy (non-hydrogen) atoms. The van der Waals surface area contributed by atoms with Crippen LogP contribution in [0.15, 0.2) is 24.4 Å². The number of pyridine rings is 1. The Morgan fingerprint density at radius 1 is 1.17 bits per heavy atom. The molecular formula is C19H30N4O. The van der Waals surface area contributed by atoms with E-state index in [2.05, 4.69) is 28.6 Å². The van der Waals surface area contributed by atoms with E-state index in [9.17, 15) is 4.79 Å². The van der Waals surface area contributed by atoms with E-state index in [0.717, 1.165) is 50.8 Å². The summed E-state index contributed by atoms with van der Waals surface area (Å²) < 4.78 is 0. The number of rotatable bonds is 6. The van der Waals surface area contributed by atoms with Crippen LogP contribution in [0.3, 0.4) is 0 Å². The second-order valence-corrected chi connectivity index (χ2v) is 7.45. The molecule has 3 heterocycles. The number of hydrogen-bond acceptors (Lipinski definition) is 4. The van der Waals surface area contributed by atoms with E-state index in [4.69, 9.17) is 0 Å². The summed E-state index contributed by atoms with van der Waals surface area (Å²) in [5.41, 5.74) is 0.977. The fourth-order valence-corrected chi connectivity index (χ4v) is 3.64. The van der Waals surface area contributed by atoms with Gasteiger partial charge >= 0.3 is 0 Å². The van der Waals surface area contributed by atoms with Gasteiger partial charge < -0.3 is 9.80 Å². The third kappa shape index (κ3) is 4.33. The lowest BCUT2D eigenvalue weighted by atomic mass is 10.1. The van der Waals surface area contributed by atoms with E-state index in [-0.39, 0.29) is 11.9 Å². The fraction of sp³-hybridized carbons (Fsp3) is 0.684. The van der Waals surface area contributed by atoms with E-state index in [1.807, 2.05) is 23.1 Å². The van der Waals surface area contributed by atoms with Crippen LogP contribution in [0.1, 0.15) is 32.4 Å². The third-order valence-electron chi connectivity index (χ3n) is 5.22. The first kappa shape index (κ1) is 17.4. The molecule has 3 rings (SSSR count). The average Bonchev–Trinajstić information content (AvgIpc) is 2.95. The van der Waals surface area contributed by atoms with E-state index < -0.39 is 0 Å². The summed E-state index contributed by atoms with van der Waals surface area (Å²) in [5.74, 6) is 1.05. The maximum atomic E-state index is 12.7. The van der Waals surface area contributed by atoms with Crippen molar-refractivity contribution >= 4 is 5.91 Å². The molecule has 0 aromatic carbocycles. The molecule has 0 radical (unpaired) electrons. The van der Waals surface area contributed by atoms with Gasteiger partial charge in [0.1, 0.15) is 0 Å². The third-order valence-corrected chi connectivity index (χ3v) is 5.22. The van der Waals surface area contributed by atoms with E-state index in [0.29, 0.717) is 6.54 Å². The summed E-state index contributed by atoms with van der Waals surface area (Å²) in [6.45, 7) is 11.5. The van der Waals surface area contributed by atoms with Crippen molar-refractivity contribution in [1.82, 2.24) is 19.7 Å². The van der Waals surface area contributed by atoms with E-state index in [1.54, 1.807) is 6.20 Å². The maximum Gasteiger partial charge on any atom is 0.240 e. The van der Waals surface area contributed by atoms with Gasteiger partial charge in [-0.3, -0.25) is 14.7 Å². The van der Waals surface area contributed by atoms with Crippen LogP contribution in [0.25, 0.3) is 0 Å². The number of carbonyl (C=O) groups is 1. The summed E-state index contributed by atoms with van der Waals surface area (Å²) in [7, 11) is 0. The topological polar surface area (TPSA) is 39.7 Å². The number of aromatic nitrogens is 1. The van der Waals surface area contributed by atoms with Gasteiger partial charge in [-0.05, 0) is 37.4 Å². The van der Waals surface area contributed by atoms with Crippen LogP contribution in [0.5, 0.6) is 0 Å².